The van der Waals surface area contributed by atoms with Crippen molar-refractivity contribution < 1.29 is 19.4 Å². The van der Waals surface area contributed by atoms with Crippen LogP contribution in [0.1, 0.15) is 18.1 Å². The molecular weight excluding hydrogens is 340 g/mol. The van der Waals surface area contributed by atoms with E-state index >= 15 is 0 Å². The van der Waals surface area contributed by atoms with Gasteiger partial charge in [0.1, 0.15) is 29.1 Å². The Hall–Kier alpha value is -3.98. The Kier molecular flexibility index (Phi) is 5.46. The number of ether oxygens (including phenoxy) is 2. The average Bonchev–Trinajstić information content (AvgIpc) is 2.60. The number of nitrogens with one attached hydrogen (secondary N) is 1. The number of pyridine rings is 1. The fourth-order valence-electron chi connectivity index (χ4n) is 2.38. The standard InChI is InChI=1S/C17H14N4O5/c1-2-25-12-5-3-4-9(15(12)26-8-13(22)23)14-10(6-18)16(20)21-17(24)11(14)7-19/h3-5H,2,8H2,1H3,(H,22,23)(H3,20,21,24). The number of nitrogen functional groups attached to an aromatic ring is 1. The number of anilines is 1. The molecule has 1 aromatic carbocycles. The molecule has 0 amide bonds. The molecule has 0 atom stereocenters. The summed E-state index contributed by atoms with van der Waals surface area (Å²) in [5.41, 5.74) is 4.58. The number of nitrogens with zero attached hydrogens (tertiary/aromatic N) is 2. The number of hydrogen-bond donors (Lipinski definition) is 3. The van der Waals surface area contributed by atoms with Crippen LogP contribution in [0.25, 0.3) is 11.1 Å². The van der Waals surface area contributed by atoms with Crippen LogP contribution in [0.4, 0.5) is 5.82 Å². The summed E-state index contributed by atoms with van der Waals surface area (Å²) in [5, 5.41) is 27.7. The van der Waals surface area contributed by atoms with Crippen LogP contribution in [0.5, 0.6) is 11.5 Å². The molecule has 9 nitrogen and oxygen atoms in total. The number of aliphatic carboxylic acids is 1. The minimum atomic E-state index is -1.23. The molecule has 0 aliphatic rings. The molecule has 2 rings (SSSR count). The van der Waals surface area contributed by atoms with Gasteiger partial charge in [0.2, 0.25) is 0 Å². The molecule has 2 aromatic rings. The van der Waals surface area contributed by atoms with E-state index in [0.29, 0.717) is 0 Å². The van der Waals surface area contributed by atoms with Crippen LogP contribution in [0.15, 0.2) is 23.0 Å². The molecule has 1 aromatic heterocycles. The second kappa shape index (κ2) is 7.73. The number of carboxylic acid groups (broad SMARTS) is 1. The Bertz CT molecular complexity index is 998. The highest BCUT2D eigenvalue weighted by molar-refractivity contribution is 5.85. The van der Waals surface area contributed by atoms with Crippen LogP contribution in [0.3, 0.4) is 0 Å². The van der Waals surface area contributed by atoms with Gasteiger partial charge in [0.25, 0.3) is 5.56 Å². The van der Waals surface area contributed by atoms with Gasteiger partial charge in [-0.2, -0.15) is 10.5 Å². The Balaban J connectivity index is 2.87. The van der Waals surface area contributed by atoms with Gasteiger partial charge in [-0.1, -0.05) is 12.1 Å². The van der Waals surface area contributed by atoms with Crippen molar-refractivity contribution in [2.75, 3.05) is 18.9 Å². The third-order valence-electron chi connectivity index (χ3n) is 3.36. The van der Waals surface area contributed by atoms with E-state index in [0.717, 1.165) is 0 Å². The number of H-pyrrole nitrogens is 1. The van der Waals surface area contributed by atoms with Crippen molar-refractivity contribution >= 4 is 11.8 Å². The molecule has 0 unspecified atom stereocenters. The molecule has 0 radical (unpaired) electrons. The van der Waals surface area contributed by atoms with E-state index in [1.807, 2.05) is 6.07 Å². The lowest BCUT2D eigenvalue weighted by molar-refractivity contribution is -0.139. The topological polar surface area (TPSA) is 162 Å². The smallest absolute Gasteiger partial charge is 0.341 e. The highest BCUT2D eigenvalue weighted by atomic mass is 16.5. The lowest BCUT2D eigenvalue weighted by Gasteiger charge is -2.17. The maximum atomic E-state index is 12.1. The van der Waals surface area contributed by atoms with Gasteiger partial charge < -0.3 is 25.3 Å². The van der Waals surface area contributed by atoms with Crippen LogP contribution in [-0.2, 0) is 4.79 Å². The highest BCUT2D eigenvalue weighted by Crippen LogP contribution is 2.41. The predicted molar refractivity (Wildman–Crippen MR) is 90.6 cm³/mol. The first-order chi connectivity index (χ1) is 12.4. The lowest BCUT2D eigenvalue weighted by Crippen LogP contribution is -2.17. The van der Waals surface area contributed by atoms with Crippen molar-refractivity contribution in [2.45, 2.75) is 6.92 Å². The van der Waals surface area contributed by atoms with E-state index in [2.05, 4.69) is 4.98 Å². The molecule has 9 heteroatoms. The zero-order valence-electron chi connectivity index (χ0n) is 13.7. The second-order valence-corrected chi connectivity index (χ2v) is 4.96. The molecule has 4 N–H and O–H groups in total. The maximum absolute atomic E-state index is 12.1. The number of benzene rings is 1. The fourth-order valence-corrected chi connectivity index (χ4v) is 2.38. The first-order valence-corrected chi connectivity index (χ1v) is 7.41. The van der Waals surface area contributed by atoms with Crippen molar-refractivity contribution in [3.05, 3.63) is 39.7 Å². The number of nitrogens with two attached hydrogens (primary N) is 1. The first-order valence-electron chi connectivity index (χ1n) is 7.41. The number of aromatic amines is 1. The van der Waals surface area contributed by atoms with Gasteiger partial charge in [-0.3, -0.25) is 4.79 Å². The van der Waals surface area contributed by atoms with Gasteiger partial charge in [-0.05, 0) is 13.0 Å². The van der Waals surface area contributed by atoms with Gasteiger partial charge in [0.05, 0.1) is 6.61 Å². The van der Waals surface area contributed by atoms with Crippen LogP contribution in [0.2, 0.25) is 0 Å². The molecule has 0 saturated carbocycles. The van der Waals surface area contributed by atoms with Gasteiger partial charge in [-0.25, -0.2) is 4.79 Å². The lowest BCUT2D eigenvalue weighted by atomic mass is 9.95. The first kappa shape index (κ1) is 18.4. The SMILES string of the molecule is CCOc1cccc(-c2c(C#N)c(N)[nH]c(=O)c2C#N)c1OCC(=O)O. The Morgan fingerprint density at radius 3 is 2.54 bits per heavy atom. The summed E-state index contributed by atoms with van der Waals surface area (Å²) in [5.74, 6) is -1.24. The highest BCUT2D eigenvalue weighted by Gasteiger charge is 2.23. The van der Waals surface area contributed by atoms with E-state index in [4.69, 9.17) is 20.3 Å². The number of carboxylic acids is 1. The Morgan fingerprint density at radius 2 is 1.96 bits per heavy atom. The van der Waals surface area contributed by atoms with Gasteiger partial charge >= 0.3 is 5.97 Å². The summed E-state index contributed by atoms with van der Waals surface area (Å²) in [6.45, 7) is 1.31. The van der Waals surface area contributed by atoms with Crippen molar-refractivity contribution in [3.63, 3.8) is 0 Å². The van der Waals surface area contributed by atoms with Crippen molar-refractivity contribution in [1.82, 2.24) is 4.98 Å². The van der Waals surface area contributed by atoms with Crippen LogP contribution in [-0.4, -0.2) is 29.3 Å². The third kappa shape index (κ3) is 3.42. The van der Waals surface area contributed by atoms with E-state index in [9.17, 15) is 20.1 Å². The monoisotopic (exact) mass is 354 g/mol. The summed E-state index contributed by atoms with van der Waals surface area (Å²) in [6.07, 6.45) is 0. The van der Waals surface area contributed by atoms with E-state index in [1.165, 1.54) is 6.07 Å². The number of aromatic nitrogens is 1. The molecule has 0 fully saturated rings. The molecule has 0 saturated heterocycles. The van der Waals surface area contributed by atoms with Gasteiger partial charge in [-0.15, -0.1) is 0 Å². The molecule has 0 spiro atoms. The minimum Gasteiger partial charge on any atom is -0.490 e. The van der Waals surface area contributed by atoms with Crippen molar-refractivity contribution in [2.24, 2.45) is 0 Å². The molecule has 26 heavy (non-hydrogen) atoms. The fraction of sp³-hybridized carbons (Fsp3) is 0.176. The zero-order chi connectivity index (χ0) is 19.3. The average molecular weight is 354 g/mol. The predicted octanol–water partition coefficient (Wildman–Crippen LogP) is 1.23. The van der Waals surface area contributed by atoms with Crippen LogP contribution >= 0.6 is 0 Å². The molecule has 0 aliphatic carbocycles. The summed E-state index contributed by atoms with van der Waals surface area (Å²) >= 11 is 0. The summed E-state index contributed by atoms with van der Waals surface area (Å²) in [4.78, 5) is 25.2. The van der Waals surface area contributed by atoms with E-state index in [-0.39, 0.29) is 46.2 Å². The van der Waals surface area contributed by atoms with Crippen LogP contribution in [0, 0.1) is 22.7 Å². The zero-order valence-corrected chi connectivity index (χ0v) is 13.7. The second-order valence-electron chi connectivity index (χ2n) is 4.96. The minimum absolute atomic E-state index is 0.00486. The van der Waals surface area contributed by atoms with E-state index < -0.39 is 18.1 Å². The summed E-state index contributed by atoms with van der Waals surface area (Å²) < 4.78 is 10.8. The van der Waals surface area contributed by atoms with Gasteiger partial charge in [0.15, 0.2) is 18.1 Å². The normalized spacial score (nSPS) is 9.81. The number of rotatable bonds is 6. The quantitative estimate of drug-likeness (QED) is 0.697. The van der Waals surface area contributed by atoms with Crippen LogP contribution < -0.4 is 20.8 Å². The largest absolute Gasteiger partial charge is 0.490 e. The summed E-state index contributed by atoms with van der Waals surface area (Å²) in [6, 6.07) is 8.18. The number of hydrogen-bond acceptors (Lipinski definition) is 7. The molecule has 0 aliphatic heterocycles. The van der Waals surface area contributed by atoms with E-state index in [1.54, 1.807) is 25.1 Å². The summed E-state index contributed by atoms with van der Waals surface area (Å²) in [7, 11) is 0. The molecular formula is C17H14N4O5. The Morgan fingerprint density at radius 1 is 1.27 bits per heavy atom. The number of carbonyl (C=O) groups is 1. The van der Waals surface area contributed by atoms with Gasteiger partial charge in [0, 0.05) is 11.1 Å². The third-order valence-corrected chi connectivity index (χ3v) is 3.36. The number of para-hydroxylation sites is 1. The Labute approximate surface area is 147 Å². The molecule has 1 heterocycles. The maximum Gasteiger partial charge on any atom is 0.341 e. The number of nitriles is 2. The van der Waals surface area contributed by atoms with Crippen molar-refractivity contribution in [3.8, 4) is 34.8 Å². The molecule has 132 valence electrons. The van der Waals surface area contributed by atoms with Crippen molar-refractivity contribution in [1.29, 1.82) is 10.5 Å². The molecule has 0 bridgehead atoms.